The Balaban J connectivity index is 2.11. The molecular weight excluding hydrogens is 322 g/mol. The van der Waals surface area contributed by atoms with Crippen LogP contribution >= 0.6 is 31.9 Å². The van der Waals surface area contributed by atoms with Gasteiger partial charge in [-0.1, -0.05) is 15.9 Å². The van der Waals surface area contributed by atoms with Gasteiger partial charge < -0.3 is 4.90 Å². The molecule has 5 heteroatoms. The Hall–Kier alpha value is -0.160. The van der Waals surface area contributed by atoms with Crippen molar-refractivity contribution in [3.63, 3.8) is 0 Å². The number of hydrogen-bond acceptors (Lipinski definition) is 3. The standard InChI is InChI=1S/C10H13Br2N3/c11-4-3-9-2-1-5-15(9)10-13-6-8(12)7-14-10/h6-7,9H,1-5H2. The van der Waals surface area contributed by atoms with E-state index in [1.807, 2.05) is 12.4 Å². The molecule has 1 aromatic rings. The summed E-state index contributed by atoms with van der Waals surface area (Å²) in [4.78, 5) is 11.0. The topological polar surface area (TPSA) is 29.0 Å². The molecule has 15 heavy (non-hydrogen) atoms. The molecule has 0 amide bonds. The van der Waals surface area contributed by atoms with E-state index in [9.17, 15) is 0 Å². The minimum Gasteiger partial charge on any atom is -0.338 e. The Labute approximate surface area is 107 Å². The molecular formula is C10H13Br2N3. The molecule has 1 aliphatic heterocycles. The first kappa shape index (κ1) is 11.3. The zero-order valence-corrected chi connectivity index (χ0v) is 11.5. The third kappa shape index (κ3) is 2.69. The SMILES string of the molecule is BrCCC1CCCN1c1ncc(Br)cn1. The Morgan fingerprint density at radius 1 is 1.40 bits per heavy atom. The fourth-order valence-corrected chi connectivity index (χ4v) is 2.71. The maximum atomic E-state index is 4.35. The van der Waals surface area contributed by atoms with Crippen molar-refractivity contribution in [2.24, 2.45) is 0 Å². The van der Waals surface area contributed by atoms with Crippen LogP contribution in [0.1, 0.15) is 19.3 Å². The summed E-state index contributed by atoms with van der Waals surface area (Å²) in [6.07, 6.45) is 7.29. The third-order valence-electron chi connectivity index (χ3n) is 2.68. The van der Waals surface area contributed by atoms with E-state index in [2.05, 4.69) is 46.7 Å². The summed E-state index contributed by atoms with van der Waals surface area (Å²) in [6, 6.07) is 0.602. The number of hydrogen-bond donors (Lipinski definition) is 0. The van der Waals surface area contributed by atoms with Gasteiger partial charge >= 0.3 is 0 Å². The van der Waals surface area contributed by atoms with E-state index in [-0.39, 0.29) is 0 Å². The van der Waals surface area contributed by atoms with Crippen LogP contribution in [0, 0.1) is 0 Å². The Kier molecular flexibility index (Phi) is 3.97. The summed E-state index contributed by atoms with van der Waals surface area (Å²) in [5, 5.41) is 1.05. The number of aromatic nitrogens is 2. The molecule has 0 aliphatic carbocycles. The minimum atomic E-state index is 0.602. The average Bonchev–Trinajstić information content (AvgIpc) is 2.68. The lowest BCUT2D eigenvalue weighted by atomic mass is 10.2. The second-order valence-corrected chi connectivity index (χ2v) is 5.38. The van der Waals surface area contributed by atoms with Crippen LogP contribution in [-0.4, -0.2) is 27.9 Å². The van der Waals surface area contributed by atoms with Crippen molar-refractivity contribution in [1.82, 2.24) is 9.97 Å². The monoisotopic (exact) mass is 333 g/mol. The molecule has 1 saturated heterocycles. The van der Waals surface area contributed by atoms with Crippen molar-refractivity contribution in [1.29, 1.82) is 0 Å². The van der Waals surface area contributed by atoms with Crippen LogP contribution in [-0.2, 0) is 0 Å². The maximum Gasteiger partial charge on any atom is 0.225 e. The van der Waals surface area contributed by atoms with E-state index >= 15 is 0 Å². The third-order valence-corrected chi connectivity index (χ3v) is 3.55. The van der Waals surface area contributed by atoms with E-state index in [1.54, 1.807) is 0 Å². The van der Waals surface area contributed by atoms with Gasteiger partial charge in [0.05, 0.1) is 4.47 Å². The zero-order valence-electron chi connectivity index (χ0n) is 8.37. The van der Waals surface area contributed by atoms with E-state index in [4.69, 9.17) is 0 Å². The molecule has 2 rings (SSSR count). The van der Waals surface area contributed by atoms with Gasteiger partial charge in [0.15, 0.2) is 0 Å². The van der Waals surface area contributed by atoms with E-state index in [0.717, 1.165) is 22.3 Å². The normalized spacial score (nSPS) is 20.9. The first-order valence-corrected chi connectivity index (χ1v) is 7.03. The van der Waals surface area contributed by atoms with Crippen molar-refractivity contribution in [3.8, 4) is 0 Å². The summed E-state index contributed by atoms with van der Waals surface area (Å²) < 4.78 is 0.933. The van der Waals surface area contributed by atoms with Crippen molar-refractivity contribution in [3.05, 3.63) is 16.9 Å². The van der Waals surface area contributed by atoms with Crippen LogP contribution in [0.25, 0.3) is 0 Å². The Morgan fingerprint density at radius 3 is 2.80 bits per heavy atom. The number of halogens is 2. The van der Waals surface area contributed by atoms with Gasteiger partial charge in [0.25, 0.3) is 0 Å². The van der Waals surface area contributed by atoms with Gasteiger partial charge in [0.2, 0.25) is 5.95 Å². The molecule has 1 aromatic heterocycles. The fraction of sp³-hybridized carbons (Fsp3) is 0.600. The number of anilines is 1. The summed E-state index contributed by atoms with van der Waals surface area (Å²) >= 11 is 6.84. The molecule has 1 unspecified atom stereocenters. The van der Waals surface area contributed by atoms with Crippen molar-refractivity contribution in [2.75, 3.05) is 16.8 Å². The smallest absolute Gasteiger partial charge is 0.225 e. The van der Waals surface area contributed by atoms with E-state index in [1.165, 1.54) is 19.3 Å². The lowest BCUT2D eigenvalue weighted by Gasteiger charge is -2.23. The second-order valence-electron chi connectivity index (χ2n) is 3.67. The lowest BCUT2D eigenvalue weighted by Crippen LogP contribution is -2.30. The molecule has 2 heterocycles. The highest BCUT2D eigenvalue weighted by Crippen LogP contribution is 2.25. The molecule has 1 aliphatic rings. The maximum absolute atomic E-state index is 4.35. The molecule has 0 bridgehead atoms. The van der Waals surface area contributed by atoms with Crippen LogP contribution < -0.4 is 4.90 Å². The first-order valence-electron chi connectivity index (χ1n) is 5.11. The van der Waals surface area contributed by atoms with Crippen LogP contribution in [0.15, 0.2) is 16.9 Å². The van der Waals surface area contributed by atoms with E-state index < -0.39 is 0 Å². The van der Waals surface area contributed by atoms with Crippen LogP contribution in [0.3, 0.4) is 0 Å². The number of alkyl halides is 1. The highest BCUT2D eigenvalue weighted by Gasteiger charge is 2.25. The Bertz CT molecular complexity index is 315. The summed E-state index contributed by atoms with van der Waals surface area (Å²) in [5.41, 5.74) is 0. The second kappa shape index (κ2) is 5.25. The van der Waals surface area contributed by atoms with Crippen LogP contribution in [0.5, 0.6) is 0 Å². The predicted octanol–water partition coefficient (Wildman–Crippen LogP) is 2.99. The molecule has 1 fully saturated rings. The highest BCUT2D eigenvalue weighted by atomic mass is 79.9. The van der Waals surface area contributed by atoms with Crippen molar-refractivity contribution < 1.29 is 0 Å². The van der Waals surface area contributed by atoms with Gasteiger partial charge in [-0.3, -0.25) is 0 Å². The number of rotatable bonds is 3. The van der Waals surface area contributed by atoms with Gasteiger partial charge in [-0.2, -0.15) is 0 Å². The molecule has 1 atom stereocenters. The first-order chi connectivity index (χ1) is 7.31. The van der Waals surface area contributed by atoms with Crippen LogP contribution in [0.2, 0.25) is 0 Å². The van der Waals surface area contributed by atoms with Crippen molar-refractivity contribution in [2.45, 2.75) is 25.3 Å². The van der Waals surface area contributed by atoms with E-state index in [0.29, 0.717) is 6.04 Å². The van der Waals surface area contributed by atoms with Gasteiger partial charge in [0.1, 0.15) is 0 Å². The summed E-state index contributed by atoms with van der Waals surface area (Å²) in [5.74, 6) is 0.863. The largest absolute Gasteiger partial charge is 0.338 e. The van der Waals surface area contributed by atoms with Crippen LogP contribution in [0.4, 0.5) is 5.95 Å². The van der Waals surface area contributed by atoms with Gasteiger partial charge in [-0.25, -0.2) is 9.97 Å². The fourth-order valence-electron chi connectivity index (χ4n) is 1.98. The predicted molar refractivity (Wildman–Crippen MR) is 68.5 cm³/mol. The Morgan fingerprint density at radius 2 is 2.13 bits per heavy atom. The van der Waals surface area contributed by atoms with Gasteiger partial charge in [-0.05, 0) is 35.2 Å². The van der Waals surface area contributed by atoms with Crippen molar-refractivity contribution >= 4 is 37.8 Å². The average molecular weight is 335 g/mol. The quantitative estimate of drug-likeness (QED) is 0.796. The van der Waals surface area contributed by atoms with Gasteiger partial charge in [0, 0.05) is 30.3 Å². The van der Waals surface area contributed by atoms with Gasteiger partial charge in [-0.15, -0.1) is 0 Å². The molecule has 0 aromatic carbocycles. The minimum absolute atomic E-state index is 0.602. The molecule has 82 valence electrons. The lowest BCUT2D eigenvalue weighted by molar-refractivity contribution is 0.641. The molecule has 0 saturated carbocycles. The molecule has 0 radical (unpaired) electrons. The molecule has 0 spiro atoms. The molecule has 0 N–H and O–H groups in total. The summed E-state index contributed by atoms with van der Waals surface area (Å²) in [7, 11) is 0. The highest BCUT2D eigenvalue weighted by molar-refractivity contribution is 9.10. The summed E-state index contributed by atoms with van der Waals surface area (Å²) in [6.45, 7) is 1.08. The molecule has 3 nitrogen and oxygen atoms in total. The number of nitrogens with zero attached hydrogens (tertiary/aromatic N) is 3. The zero-order chi connectivity index (χ0) is 10.7.